The summed E-state index contributed by atoms with van der Waals surface area (Å²) in [5.41, 5.74) is 0.115. The van der Waals surface area contributed by atoms with Crippen molar-refractivity contribution in [2.75, 3.05) is 0 Å². The maximum absolute atomic E-state index is 12.1. The van der Waals surface area contributed by atoms with Crippen molar-refractivity contribution in [3.05, 3.63) is 29.8 Å². The monoisotopic (exact) mass is 208 g/mol. The number of alkyl halides is 2. The minimum atomic E-state index is -4.29. The molecule has 0 spiro atoms. The normalized spacial score (nSPS) is 11.6. The molecular formula is C8H7F3O3. The van der Waals surface area contributed by atoms with Crippen LogP contribution in [-0.4, -0.2) is 11.4 Å². The van der Waals surface area contributed by atoms with Gasteiger partial charge < -0.3 is 5.11 Å². The molecule has 1 aromatic carbocycles. The van der Waals surface area contributed by atoms with E-state index in [1.165, 1.54) is 24.3 Å². The molecule has 0 saturated heterocycles. The van der Waals surface area contributed by atoms with E-state index < -0.39 is 12.9 Å². The Kier molecular flexibility index (Phi) is 3.32. The number of halogens is 3. The van der Waals surface area contributed by atoms with E-state index in [9.17, 15) is 13.3 Å². The van der Waals surface area contributed by atoms with Gasteiger partial charge in [0.1, 0.15) is 5.75 Å². The first-order valence-electron chi connectivity index (χ1n) is 3.63. The topological polar surface area (TPSA) is 38.7 Å². The Morgan fingerprint density at radius 1 is 1.29 bits per heavy atom. The largest absolute Gasteiger partial charge is 0.516 e. The second kappa shape index (κ2) is 4.30. The van der Waals surface area contributed by atoms with Crippen molar-refractivity contribution in [1.82, 2.24) is 0 Å². The van der Waals surface area contributed by atoms with Crippen molar-refractivity contribution in [3.8, 4) is 5.75 Å². The van der Waals surface area contributed by atoms with Crippen molar-refractivity contribution < 1.29 is 28.1 Å². The van der Waals surface area contributed by atoms with E-state index in [0.29, 0.717) is 0 Å². The molecule has 0 aliphatic carbocycles. The summed E-state index contributed by atoms with van der Waals surface area (Å²) in [6, 6.07) is 5.70. The molecule has 0 fully saturated rings. The van der Waals surface area contributed by atoms with Crippen LogP contribution < -0.4 is 0 Å². The number of ether oxygens (including phenoxy) is 1. The van der Waals surface area contributed by atoms with Gasteiger partial charge in [0.2, 0.25) is 0 Å². The molecule has 0 aromatic heterocycles. The van der Waals surface area contributed by atoms with E-state index in [0.717, 1.165) is 0 Å². The molecule has 78 valence electrons. The van der Waals surface area contributed by atoms with Gasteiger partial charge in [0.25, 0.3) is 0 Å². The van der Waals surface area contributed by atoms with Crippen LogP contribution >= 0.6 is 0 Å². The third-order valence-electron chi connectivity index (χ3n) is 1.48. The summed E-state index contributed by atoms with van der Waals surface area (Å²) in [5, 5.41) is 9.12. The first kappa shape index (κ1) is 10.8. The van der Waals surface area contributed by atoms with E-state index >= 15 is 0 Å². The van der Waals surface area contributed by atoms with Gasteiger partial charge in [0, 0.05) is 5.56 Å². The van der Waals surface area contributed by atoms with Gasteiger partial charge in [-0.3, -0.25) is 4.74 Å². The van der Waals surface area contributed by atoms with E-state index in [4.69, 9.17) is 5.11 Å². The van der Waals surface area contributed by atoms with E-state index in [2.05, 4.69) is 9.68 Å². The lowest BCUT2D eigenvalue weighted by Gasteiger charge is -2.11. The average Bonchev–Trinajstić information content (AvgIpc) is 2.17. The minimum Gasteiger partial charge on any atom is -0.508 e. The van der Waals surface area contributed by atoms with Crippen LogP contribution in [0.5, 0.6) is 5.75 Å². The number of hydrogen-bond donors (Lipinski definition) is 1. The predicted molar refractivity (Wildman–Crippen MR) is 40.0 cm³/mol. The summed E-state index contributed by atoms with van der Waals surface area (Å²) in [6.45, 7) is -0.649. The number of phenolic OH excluding ortho intramolecular Hbond substituents is 1. The van der Waals surface area contributed by atoms with Crippen LogP contribution in [0.25, 0.3) is 0 Å². The fourth-order valence-electron chi connectivity index (χ4n) is 0.817. The fraction of sp³-hybridized carbons (Fsp3) is 0.250. The van der Waals surface area contributed by atoms with Gasteiger partial charge in [0.15, 0.2) is 0 Å². The van der Waals surface area contributed by atoms with Crippen LogP contribution in [0, 0.1) is 0 Å². The number of benzene rings is 1. The van der Waals surface area contributed by atoms with E-state index in [1.54, 1.807) is 0 Å². The summed E-state index contributed by atoms with van der Waals surface area (Å²) in [5.74, 6) is -0.206. The zero-order chi connectivity index (χ0) is 10.6. The third-order valence-corrected chi connectivity index (χ3v) is 1.48. The van der Waals surface area contributed by atoms with Gasteiger partial charge in [-0.05, 0) is 10.6 Å². The Morgan fingerprint density at radius 3 is 2.50 bits per heavy atom. The molecule has 1 N–H and O–H groups in total. The van der Waals surface area contributed by atoms with Gasteiger partial charge in [-0.1, -0.05) is 23.1 Å². The van der Waals surface area contributed by atoms with Crippen LogP contribution in [0.3, 0.4) is 0 Å². The first-order valence-corrected chi connectivity index (χ1v) is 3.63. The van der Waals surface area contributed by atoms with Crippen molar-refractivity contribution in [2.24, 2.45) is 0 Å². The molecule has 0 aliphatic heterocycles. The molecule has 0 radical (unpaired) electrons. The highest BCUT2D eigenvalue weighted by atomic mass is 19.4. The lowest BCUT2D eigenvalue weighted by atomic mass is 10.2. The van der Waals surface area contributed by atoms with Crippen LogP contribution in [0.1, 0.15) is 5.56 Å². The quantitative estimate of drug-likeness (QED) is 0.772. The highest BCUT2D eigenvalue weighted by Gasteiger charge is 2.33. The number of aromatic hydroxyl groups is 1. The molecule has 0 amide bonds. The van der Waals surface area contributed by atoms with E-state index in [-0.39, 0.29) is 11.3 Å². The van der Waals surface area contributed by atoms with Crippen LogP contribution in [0.4, 0.5) is 13.3 Å². The second-order valence-corrected chi connectivity index (χ2v) is 2.46. The van der Waals surface area contributed by atoms with Gasteiger partial charge in [-0.15, -0.1) is 8.78 Å². The Bertz CT molecular complexity index is 304. The molecule has 0 unspecified atom stereocenters. The lowest BCUT2D eigenvalue weighted by Crippen LogP contribution is -2.20. The predicted octanol–water partition coefficient (Wildman–Crippen LogP) is 2.36. The smallest absolute Gasteiger partial charge is 0.508 e. The Labute approximate surface area is 77.6 Å². The highest BCUT2D eigenvalue weighted by Crippen LogP contribution is 2.23. The minimum absolute atomic E-state index is 0.115. The number of hydrogen-bond acceptors (Lipinski definition) is 3. The molecule has 0 aliphatic rings. The van der Waals surface area contributed by atoms with Gasteiger partial charge in [0.05, 0.1) is 6.61 Å². The number of phenols is 1. The maximum atomic E-state index is 12.1. The second-order valence-electron chi connectivity index (χ2n) is 2.46. The Hall–Kier alpha value is -1.27. The third kappa shape index (κ3) is 2.90. The molecule has 0 saturated carbocycles. The molecule has 0 heterocycles. The summed E-state index contributed by atoms with van der Waals surface area (Å²) in [4.78, 5) is 2.26. The summed E-state index contributed by atoms with van der Waals surface area (Å²) in [7, 11) is 0. The fourth-order valence-corrected chi connectivity index (χ4v) is 0.817. The number of para-hydroxylation sites is 1. The molecule has 1 rings (SSSR count). The standard InChI is InChI=1S/C8H7F3O3/c9-8(10,14-11)13-5-6-3-1-2-4-7(6)12/h1-4,12H,5H2. The molecule has 3 nitrogen and oxygen atoms in total. The lowest BCUT2D eigenvalue weighted by molar-refractivity contribution is -0.468. The summed E-state index contributed by atoms with van der Waals surface area (Å²) < 4.78 is 39.0. The molecule has 0 bridgehead atoms. The Balaban J connectivity index is 2.58. The Morgan fingerprint density at radius 2 is 1.93 bits per heavy atom. The van der Waals surface area contributed by atoms with Crippen LogP contribution in [0.15, 0.2) is 24.3 Å². The first-order chi connectivity index (χ1) is 6.55. The maximum Gasteiger partial charge on any atom is 0.516 e. The molecule has 6 heteroatoms. The van der Waals surface area contributed by atoms with Crippen molar-refractivity contribution in [1.29, 1.82) is 0 Å². The zero-order valence-electron chi connectivity index (χ0n) is 6.91. The van der Waals surface area contributed by atoms with Crippen molar-refractivity contribution in [2.45, 2.75) is 12.9 Å². The van der Waals surface area contributed by atoms with E-state index in [1.807, 2.05) is 0 Å². The van der Waals surface area contributed by atoms with Crippen LogP contribution in [0.2, 0.25) is 0 Å². The van der Waals surface area contributed by atoms with Gasteiger partial charge in [-0.25, -0.2) is 0 Å². The van der Waals surface area contributed by atoms with Crippen molar-refractivity contribution >= 4 is 0 Å². The molecular weight excluding hydrogens is 201 g/mol. The summed E-state index contributed by atoms with van der Waals surface area (Å²) >= 11 is 0. The molecule has 0 atom stereocenters. The zero-order valence-corrected chi connectivity index (χ0v) is 6.91. The number of rotatable bonds is 4. The van der Waals surface area contributed by atoms with Gasteiger partial charge >= 0.3 is 6.29 Å². The molecule has 1 aromatic rings. The average molecular weight is 208 g/mol. The summed E-state index contributed by atoms with van der Waals surface area (Å²) in [6.07, 6.45) is -4.29. The van der Waals surface area contributed by atoms with Crippen molar-refractivity contribution in [3.63, 3.8) is 0 Å². The highest BCUT2D eigenvalue weighted by molar-refractivity contribution is 5.30. The SMILES string of the molecule is Oc1ccccc1COC(F)(F)OF. The van der Waals surface area contributed by atoms with Crippen LogP contribution in [-0.2, 0) is 16.3 Å². The van der Waals surface area contributed by atoms with Gasteiger partial charge in [-0.2, -0.15) is 0 Å². The molecule has 14 heavy (non-hydrogen) atoms.